The number of nitrogens with two attached hydrogens (primary N) is 1. The van der Waals surface area contributed by atoms with E-state index in [9.17, 15) is 35.4 Å². The summed E-state index contributed by atoms with van der Waals surface area (Å²) >= 11 is 0. The summed E-state index contributed by atoms with van der Waals surface area (Å²) in [5.74, 6) is -0.810. The van der Waals surface area contributed by atoms with Gasteiger partial charge in [0.15, 0.2) is 0 Å². The van der Waals surface area contributed by atoms with Crippen molar-refractivity contribution in [3.8, 4) is 11.5 Å². The fourth-order valence-electron chi connectivity index (χ4n) is 2.84. The Bertz CT molecular complexity index is 1120. The van der Waals surface area contributed by atoms with Crippen molar-refractivity contribution in [1.29, 1.82) is 0 Å². The molecule has 0 unspecified atom stereocenters. The van der Waals surface area contributed by atoms with Gasteiger partial charge in [0, 0.05) is 11.6 Å². The first-order valence-electron chi connectivity index (χ1n) is 8.05. The average molecular weight is 421 g/mol. The number of nitrogens with zero attached hydrogens (tertiary/aromatic N) is 4. The predicted molar refractivity (Wildman–Crippen MR) is 102 cm³/mol. The van der Waals surface area contributed by atoms with Crippen molar-refractivity contribution in [3.05, 3.63) is 72.4 Å². The summed E-state index contributed by atoms with van der Waals surface area (Å²) < 4.78 is 1.06. The molecule has 1 heterocycles. The van der Waals surface area contributed by atoms with E-state index in [1.807, 2.05) is 0 Å². The first-order chi connectivity index (χ1) is 13.7. The van der Waals surface area contributed by atoms with Gasteiger partial charge in [-0.25, -0.2) is 0 Å². The van der Waals surface area contributed by atoms with Gasteiger partial charge in [0.05, 0.1) is 32.4 Å². The van der Waals surface area contributed by atoms with Crippen molar-refractivity contribution >= 4 is 28.0 Å². The number of nitro benzene ring substituents is 3. The molecular formula is C16H15N5O9. The van der Waals surface area contributed by atoms with E-state index >= 15 is 0 Å². The molecule has 0 aliphatic carbocycles. The third-order valence-electron chi connectivity index (χ3n) is 4.08. The van der Waals surface area contributed by atoms with E-state index in [4.69, 9.17) is 10.6 Å². The van der Waals surface area contributed by atoms with Crippen LogP contribution in [-0.4, -0.2) is 36.6 Å². The fraction of sp³-hybridized carbons (Fsp3) is 0.125. The highest BCUT2D eigenvalue weighted by atomic mass is 16.7. The molecule has 0 atom stereocenters. The third-order valence-corrected chi connectivity index (χ3v) is 4.08. The number of phenols is 1. The zero-order chi connectivity index (χ0) is 21.3. The van der Waals surface area contributed by atoms with Crippen LogP contribution in [0.25, 0.3) is 10.9 Å². The van der Waals surface area contributed by atoms with E-state index < -0.39 is 37.6 Å². The number of phenolic OH excluding ortho intramolecular Hbond substituents is 1. The molecule has 5 N–H and O–H groups in total. The van der Waals surface area contributed by atoms with Crippen LogP contribution in [0.5, 0.6) is 11.5 Å². The maximum absolute atomic E-state index is 11.4. The summed E-state index contributed by atoms with van der Waals surface area (Å²) in [6, 6.07) is 5.39. The molecule has 2 aromatic carbocycles. The lowest BCUT2D eigenvalue weighted by molar-refractivity contribution is -0.404. The second-order valence-electron chi connectivity index (χ2n) is 5.90. The lowest BCUT2D eigenvalue weighted by Gasteiger charge is -2.08. The van der Waals surface area contributed by atoms with E-state index in [0.717, 1.165) is 4.73 Å². The Morgan fingerprint density at radius 2 is 1.60 bits per heavy atom. The van der Waals surface area contributed by atoms with Crippen LogP contribution in [-0.2, 0) is 6.42 Å². The Labute approximate surface area is 166 Å². The Morgan fingerprint density at radius 3 is 2.10 bits per heavy atom. The molecule has 30 heavy (non-hydrogen) atoms. The molecule has 0 spiro atoms. The van der Waals surface area contributed by atoms with Gasteiger partial charge in [-0.1, -0.05) is 0 Å². The van der Waals surface area contributed by atoms with Crippen LogP contribution >= 0.6 is 0 Å². The minimum Gasteiger partial charge on any atom is -0.508 e. The molecule has 0 bridgehead atoms. The molecule has 14 heteroatoms. The van der Waals surface area contributed by atoms with Crippen LogP contribution in [0.3, 0.4) is 0 Å². The third kappa shape index (κ3) is 3.94. The Kier molecular flexibility index (Phi) is 6.14. The summed E-state index contributed by atoms with van der Waals surface area (Å²) in [5.41, 5.74) is 3.86. The first kappa shape index (κ1) is 22.0. The maximum Gasteiger partial charge on any atom is 0.328 e. The normalized spacial score (nSPS) is 10.4. The zero-order valence-electron chi connectivity index (χ0n) is 15.0. The summed E-state index contributed by atoms with van der Waals surface area (Å²) in [4.78, 5) is 36.3. The van der Waals surface area contributed by atoms with Crippen molar-refractivity contribution in [2.24, 2.45) is 5.73 Å². The molecule has 0 amide bonds. The number of hydrogen-bond donors (Lipinski definition) is 2. The lowest BCUT2D eigenvalue weighted by atomic mass is 10.1. The van der Waals surface area contributed by atoms with Crippen molar-refractivity contribution in [3.63, 3.8) is 0 Å². The van der Waals surface area contributed by atoms with Gasteiger partial charge in [-0.2, -0.15) is 4.73 Å². The number of hydrogen-bond acceptors (Lipinski definition) is 9. The van der Waals surface area contributed by atoms with Crippen LogP contribution in [0.15, 0.2) is 36.5 Å². The summed E-state index contributed by atoms with van der Waals surface area (Å²) in [6.45, 7) is 0.257. The topological polar surface area (TPSA) is 221 Å². The van der Waals surface area contributed by atoms with Crippen LogP contribution in [0.2, 0.25) is 0 Å². The Hall–Kier alpha value is -4.30. The molecule has 1 aromatic heterocycles. The number of fused-ring (bicyclic) bond motifs is 1. The number of aromatic hydroxyl groups is 1. The number of nitro groups is 3. The van der Waals surface area contributed by atoms with E-state index in [-0.39, 0.29) is 17.8 Å². The summed E-state index contributed by atoms with van der Waals surface area (Å²) in [7, 11) is 0. The zero-order valence-corrected chi connectivity index (χ0v) is 15.0. The largest absolute Gasteiger partial charge is 0.508 e. The van der Waals surface area contributed by atoms with Crippen LogP contribution in [0.1, 0.15) is 5.56 Å². The van der Waals surface area contributed by atoms with Crippen LogP contribution in [0.4, 0.5) is 17.1 Å². The van der Waals surface area contributed by atoms with Crippen molar-refractivity contribution in [2.75, 3.05) is 6.54 Å². The van der Waals surface area contributed by atoms with Crippen molar-refractivity contribution in [2.45, 2.75) is 6.42 Å². The van der Waals surface area contributed by atoms with Crippen molar-refractivity contribution in [1.82, 2.24) is 4.73 Å². The van der Waals surface area contributed by atoms with Gasteiger partial charge < -0.3 is 21.2 Å². The molecule has 0 aliphatic heterocycles. The molecule has 158 valence electrons. The van der Waals surface area contributed by atoms with E-state index in [1.54, 1.807) is 0 Å². The van der Waals surface area contributed by atoms with E-state index in [1.165, 1.54) is 24.4 Å². The SMILES string of the molecule is NCCc1cn(Oc2c([N+](=O)[O-])cc([N+](=O)[O-])cc2[N+](=O)[O-])c2ccc(O)cc12.O. The maximum atomic E-state index is 11.4. The molecule has 3 aromatic rings. The molecule has 0 radical (unpaired) electrons. The van der Waals surface area contributed by atoms with E-state index in [0.29, 0.717) is 35.0 Å². The molecular weight excluding hydrogens is 406 g/mol. The van der Waals surface area contributed by atoms with Gasteiger partial charge in [0.2, 0.25) is 0 Å². The van der Waals surface area contributed by atoms with Gasteiger partial charge in [0.25, 0.3) is 5.69 Å². The van der Waals surface area contributed by atoms with Gasteiger partial charge in [0.1, 0.15) is 5.75 Å². The average Bonchev–Trinajstić information content (AvgIpc) is 2.98. The van der Waals surface area contributed by atoms with Crippen LogP contribution in [0, 0.1) is 30.3 Å². The van der Waals surface area contributed by atoms with Crippen LogP contribution < -0.4 is 10.6 Å². The van der Waals surface area contributed by atoms with Gasteiger partial charge in [-0.15, -0.1) is 0 Å². The predicted octanol–water partition coefficient (Wildman–Crippen LogP) is 1.59. The second kappa shape index (κ2) is 8.38. The van der Waals surface area contributed by atoms with Gasteiger partial charge in [-0.05, 0) is 36.7 Å². The highest BCUT2D eigenvalue weighted by Crippen LogP contribution is 2.41. The van der Waals surface area contributed by atoms with Gasteiger partial charge >= 0.3 is 17.1 Å². The number of rotatable bonds is 7. The van der Waals surface area contributed by atoms with Crippen molar-refractivity contribution < 1.29 is 30.2 Å². The Morgan fingerprint density at radius 1 is 1.00 bits per heavy atom. The highest BCUT2D eigenvalue weighted by molar-refractivity contribution is 5.85. The molecule has 3 rings (SSSR count). The monoisotopic (exact) mass is 421 g/mol. The smallest absolute Gasteiger partial charge is 0.328 e. The molecule has 0 fully saturated rings. The first-order valence-corrected chi connectivity index (χ1v) is 8.05. The quantitative estimate of drug-likeness (QED) is 0.417. The minimum atomic E-state index is -1.01. The number of non-ortho nitro benzene ring substituents is 1. The molecule has 0 saturated carbocycles. The lowest BCUT2D eigenvalue weighted by Crippen LogP contribution is -2.09. The standard InChI is InChI=1S/C16H13N5O8.H2O/c17-4-3-9-8-18(13-2-1-11(22)7-12(9)13)29-16-14(20(25)26)5-10(19(23)24)6-15(16)21(27)28;/h1-2,5-8,22H,3-4,17H2;1H2. The second-order valence-corrected chi connectivity index (χ2v) is 5.90. The molecule has 0 aliphatic rings. The molecule has 14 nitrogen and oxygen atoms in total. The summed E-state index contributed by atoms with van der Waals surface area (Å²) in [6.07, 6.45) is 1.80. The molecule has 0 saturated heterocycles. The Balaban J connectivity index is 0.00000320. The highest BCUT2D eigenvalue weighted by Gasteiger charge is 2.33. The minimum absolute atomic E-state index is 0. The fourth-order valence-corrected chi connectivity index (χ4v) is 2.84. The summed E-state index contributed by atoms with van der Waals surface area (Å²) in [5, 5.41) is 44.0. The number of aromatic nitrogens is 1. The van der Waals surface area contributed by atoms with E-state index in [2.05, 4.69) is 0 Å². The number of benzene rings is 2. The van der Waals surface area contributed by atoms with Gasteiger partial charge in [-0.3, -0.25) is 30.3 Å².